The summed E-state index contributed by atoms with van der Waals surface area (Å²) in [5.74, 6) is -0.0934. The van der Waals surface area contributed by atoms with Gasteiger partial charge < -0.3 is 14.8 Å². The van der Waals surface area contributed by atoms with Crippen molar-refractivity contribution in [3.63, 3.8) is 0 Å². The van der Waals surface area contributed by atoms with Crippen LogP contribution in [0.3, 0.4) is 0 Å². The van der Waals surface area contributed by atoms with E-state index in [1.165, 1.54) is 0 Å². The summed E-state index contributed by atoms with van der Waals surface area (Å²) in [7, 11) is -3.64. The van der Waals surface area contributed by atoms with Crippen LogP contribution < -0.4 is 5.32 Å². The number of thiocarbonyl (C=S) groups is 1. The van der Waals surface area contributed by atoms with Gasteiger partial charge in [0.15, 0.2) is 5.11 Å². The fraction of sp³-hybridized carbons (Fsp3) is 0.333. The highest BCUT2D eigenvalue weighted by Crippen LogP contribution is 2.20. The monoisotopic (exact) mass is 470 g/mol. The molecule has 8 heteroatoms. The lowest BCUT2D eigenvalue weighted by Crippen LogP contribution is -2.42. The first kappa shape index (κ1) is 23.9. The summed E-state index contributed by atoms with van der Waals surface area (Å²) < 4.78 is 28.5. The van der Waals surface area contributed by atoms with Gasteiger partial charge in [-0.2, -0.15) is 0 Å². The van der Waals surface area contributed by atoms with Crippen LogP contribution in [0.15, 0.2) is 72.0 Å². The number of imidazole rings is 1. The van der Waals surface area contributed by atoms with Crippen molar-refractivity contribution in [1.29, 1.82) is 0 Å². The second kappa shape index (κ2) is 10.7. The first-order chi connectivity index (χ1) is 15.3. The Bertz CT molecular complexity index is 1130. The molecule has 2 aromatic carbocycles. The van der Waals surface area contributed by atoms with E-state index < -0.39 is 9.84 Å². The standard InChI is InChI=1S/C24H30N4O2S2/c1-4-27(23(31)26-19(2)3)17-22-15-25-24(28(22)16-20-11-7-5-8-12-20)32(29,30)18-21-13-9-6-10-14-21/h5-15,19H,4,16-18H2,1-3H3,(H,26,31). The van der Waals surface area contributed by atoms with Gasteiger partial charge in [0.2, 0.25) is 15.0 Å². The summed E-state index contributed by atoms with van der Waals surface area (Å²) in [6, 6.07) is 19.2. The Morgan fingerprint density at radius 1 is 1.06 bits per heavy atom. The SMILES string of the molecule is CCN(Cc1cnc(S(=O)(=O)Cc2ccccc2)n1Cc1ccccc1)C(=S)NC(C)C. The summed E-state index contributed by atoms with van der Waals surface area (Å²) in [6.45, 7) is 7.68. The van der Waals surface area contributed by atoms with Crippen LogP contribution in [0.1, 0.15) is 37.6 Å². The molecule has 0 aliphatic heterocycles. The van der Waals surface area contributed by atoms with Gasteiger partial charge >= 0.3 is 0 Å². The zero-order chi connectivity index (χ0) is 23.1. The van der Waals surface area contributed by atoms with E-state index in [1.807, 2.05) is 86.3 Å². The van der Waals surface area contributed by atoms with Gasteiger partial charge in [-0.1, -0.05) is 60.7 Å². The smallest absolute Gasteiger partial charge is 0.228 e. The molecule has 0 atom stereocenters. The Labute approximate surface area is 196 Å². The van der Waals surface area contributed by atoms with Crippen molar-refractivity contribution in [2.75, 3.05) is 6.54 Å². The molecule has 0 radical (unpaired) electrons. The molecule has 0 bridgehead atoms. The summed E-state index contributed by atoms with van der Waals surface area (Å²) in [6.07, 6.45) is 1.65. The van der Waals surface area contributed by atoms with Gasteiger partial charge in [-0.25, -0.2) is 13.4 Å². The third-order valence-electron chi connectivity index (χ3n) is 5.00. The molecule has 32 heavy (non-hydrogen) atoms. The zero-order valence-electron chi connectivity index (χ0n) is 18.7. The number of rotatable bonds is 9. The van der Waals surface area contributed by atoms with Crippen molar-refractivity contribution < 1.29 is 8.42 Å². The lowest BCUT2D eigenvalue weighted by molar-refractivity contribution is 0.405. The van der Waals surface area contributed by atoms with E-state index in [9.17, 15) is 8.42 Å². The summed E-state index contributed by atoms with van der Waals surface area (Å²) in [4.78, 5) is 6.39. The highest BCUT2D eigenvalue weighted by atomic mass is 32.2. The predicted molar refractivity (Wildman–Crippen MR) is 132 cm³/mol. The maximum absolute atomic E-state index is 13.3. The number of nitrogens with zero attached hydrogens (tertiary/aromatic N) is 3. The Hall–Kier alpha value is -2.71. The van der Waals surface area contributed by atoms with Gasteiger partial charge in [0.05, 0.1) is 30.7 Å². The maximum atomic E-state index is 13.3. The van der Waals surface area contributed by atoms with Gasteiger partial charge in [0, 0.05) is 12.6 Å². The lowest BCUT2D eigenvalue weighted by atomic mass is 10.2. The predicted octanol–water partition coefficient (Wildman–Crippen LogP) is 4.01. The van der Waals surface area contributed by atoms with Crippen LogP contribution >= 0.6 is 12.2 Å². The van der Waals surface area contributed by atoms with Gasteiger partial charge in [-0.15, -0.1) is 0 Å². The van der Waals surface area contributed by atoms with Crippen LogP contribution in [0.4, 0.5) is 0 Å². The summed E-state index contributed by atoms with van der Waals surface area (Å²) >= 11 is 5.56. The van der Waals surface area contributed by atoms with E-state index in [4.69, 9.17) is 12.2 Å². The Morgan fingerprint density at radius 3 is 2.22 bits per heavy atom. The number of aromatic nitrogens is 2. The Kier molecular flexibility index (Phi) is 8.04. The molecule has 3 aromatic rings. The molecule has 1 heterocycles. The molecule has 0 saturated heterocycles. The Morgan fingerprint density at radius 2 is 1.66 bits per heavy atom. The van der Waals surface area contributed by atoms with Crippen molar-refractivity contribution in [2.45, 2.75) is 50.8 Å². The average Bonchev–Trinajstić information content (AvgIpc) is 3.15. The number of sulfone groups is 1. The van der Waals surface area contributed by atoms with Gasteiger partial charge in [-0.3, -0.25) is 0 Å². The fourth-order valence-corrected chi connectivity index (χ4v) is 5.34. The fourth-order valence-electron chi connectivity index (χ4n) is 3.42. The van der Waals surface area contributed by atoms with Crippen LogP contribution in [0, 0.1) is 0 Å². The topological polar surface area (TPSA) is 67.2 Å². The van der Waals surface area contributed by atoms with Crippen molar-refractivity contribution in [3.8, 4) is 0 Å². The highest BCUT2D eigenvalue weighted by molar-refractivity contribution is 7.90. The molecule has 1 aromatic heterocycles. The molecule has 0 spiro atoms. The van der Waals surface area contributed by atoms with Gasteiger partial charge in [-0.05, 0) is 44.1 Å². The highest BCUT2D eigenvalue weighted by Gasteiger charge is 2.25. The molecule has 0 aliphatic rings. The number of hydrogen-bond donors (Lipinski definition) is 1. The lowest BCUT2D eigenvalue weighted by Gasteiger charge is -2.26. The summed E-state index contributed by atoms with van der Waals surface area (Å²) in [5, 5.41) is 3.99. The number of benzene rings is 2. The molecular weight excluding hydrogens is 440 g/mol. The van der Waals surface area contributed by atoms with Crippen molar-refractivity contribution in [1.82, 2.24) is 19.8 Å². The second-order valence-corrected chi connectivity index (χ2v) is 10.2. The zero-order valence-corrected chi connectivity index (χ0v) is 20.4. The van der Waals surface area contributed by atoms with Crippen LogP contribution in [-0.4, -0.2) is 40.6 Å². The molecule has 1 N–H and O–H groups in total. The Balaban J connectivity index is 1.97. The number of nitrogens with one attached hydrogen (secondary N) is 1. The first-order valence-electron chi connectivity index (χ1n) is 10.7. The molecule has 0 amide bonds. The van der Waals surface area contributed by atoms with Crippen LogP contribution in [0.5, 0.6) is 0 Å². The molecule has 170 valence electrons. The van der Waals surface area contributed by atoms with Crippen molar-refractivity contribution >= 4 is 27.2 Å². The van der Waals surface area contributed by atoms with E-state index >= 15 is 0 Å². The largest absolute Gasteiger partial charge is 0.360 e. The molecule has 0 unspecified atom stereocenters. The quantitative estimate of drug-likeness (QED) is 0.477. The van der Waals surface area contributed by atoms with E-state index in [2.05, 4.69) is 10.3 Å². The minimum atomic E-state index is -3.64. The van der Waals surface area contributed by atoms with Crippen molar-refractivity contribution in [2.24, 2.45) is 0 Å². The third kappa shape index (κ3) is 6.17. The van der Waals surface area contributed by atoms with E-state index in [-0.39, 0.29) is 17.0 Å². The van der Waals surface area contributed by atoms with E-state index in [1.54, 1.807) is 10.8 Å². The van der Waals surface area contributed by atoms with Gasteiger partial charge in [0.25, 0.3) is 0 Å². The first-order valence-corrected chi connectivity index (χ1v) is 12.8. The molecule has 0 aliphatic carbocycles. The van der Waals surface area contributed by atoms with Crippen LogP contribution in [0.2, 0.25) is 0 Å². The van der Waals surface area contributed by atoms with Crippen LogP contribution in [0.25, 0.3) is 0 Å². The maximum Gasteiger partial charge on any atom is 0.228 e. The summed E-state index contributed by atoms with van der Waals surface area (Å²) in [5.41, 5.74) is 2.55. The number of hydrogen-bond acceptors (Lipinski definition) is 4. The van der Waals surface area contributed by atoms with Crippen molar-refractivity contribution in [3.05, 3.63) is 83.7 Å². The molecule has 0 saturated carbocycles. The average molecular weight is 471 g/mol. The molecule has 0 fully saturated rings. The second-order valence-electron chi connectivity index (χ2n) is 7.97. The molecule has 6 nitrogen and oxygen atoms in total. The minimum absolute atomic E-state index is 0.0824. The van der Waals surface area contributed by atoms with E-state index in [0.717, 1.165) is 16.8 Å². The molecule has 3 rings (SSSR count). The van der Waals surface area contributed by atoms with E-state index in [0.29, 0.717) is 24.7 Å². The van der Waals surface area contributed by atoms with Gasteiger partial charge in [0.1, 0.15) is 0 Å². The molecular formula is C24H30N4O2S2. The minimum Gasteiger partial charge on any atom is -0.360 e. The third-order valence-corrected chi connectivity index (χ3v) is 6.97. The normalized spacial score (nSPS) is 11.5. The van der Waals surface area contributed by atoms with Crippen LogP contribution in [-0.2, 0) is 28.7 Å².